The number of halogens is 3. The average Bonchev–Trinajstić information content (AvgIpc) is 2.81. The van der Waals surface area contributed by atoms with Crippen LogP contribution in [0, 0.1) is 5.82 Å². The van der Waals surface area contributed by atoms with Gasteiger partial charge in [0.05, 0.1) is 34.2 Å². The van der Waals surface area contributed by atoms with Gasteiger partial charge in [-0.3, -0.25) is 4.79 Å². The van der Waals surface area contributed by atoms with Gasteiger partial charge in [-0.1, -0.05) is 16.7 Å². The number of nitrogens with zero attached hydrogens (tertiary/aromatic N) is 3. The molecule has 2 heterocycles. The van der Waals surface area contributed by atoms with Crippen LogP contribution in [-0.4, -0.2) is 146 Å². The molecule has 3 rings (SSSR count). The van der Waals surface area contributed by atoms with Crippen LogP contribution >= 0.6 is 11.6 Å². The normalized spacial score (nSPS) is 22.4. The Morgan fingerprint density at radius 2 is 1.50 bits per heavy atom. The van der Waals surface area contributed by atoms with E-state index in [0.717, 1.165) is 5.56 Å². The lowest BCUT2D eigenvalue weighted by atomic mass is 9.17. The second-order valence-electron chi connectivity index (χ2n) is 15.2. The van der Waals surface area contributed by atoms with Gasteiger partial charge in [0.1, 0.15) is 90.1 Å². The van der Waals surface area contributed by atoms with Gasteiger partial charge in [-0.2, -0.15) is 0 Å². The Morgan fingerprint density at radius 1 is 0.975 bits per heavy atom. The van der Waals surface area contributed by atoms with Gasteiger partial charge in [-0.05, 0) is 44.9 Å². The molecule has 1 aliphatic heterocycles. The third kappa shape index (κ3) is 5.22. The van der Waals surface area contributed by atoms with Crippen LogP contribution in [0.25, 0.3) is 0 Å². The maximum Gasteiger partial charge on any atom is 0.252 e. The van der Waals surface area contributed by atoms with E-state index < -0.39 is 37.9 Å². The van der Waals surface area contributed by atoms with Crippen LogP contribution in [0.1, 0.15) is 21.7 Å². The number of amides is 1. The van der Waals surface area contributed by atoms with Crippen molar-refractivity contribution in [1.29, 1.82) is 0 Å². The third-order valence-corrected chi connectivity index (χ3v) is 9.82. The predicted molar refractivity (Wildman–Crippen MR) is 197 cm³/mol. The number of piperidine rings is 1. The Hall–Kier alpha value is -1.28. The van der Waals surface area contributed by atoms with Crippen molar-refractivity contribution in [2.45, 2.75) is 37.2 Å². The molecule has 40 heavy (non-hydrogen) atoms. The van der Waals surface area contributed by atoms with Crippen molar-refractivity contribution in [3.63, 3.8) is 0 Å². The molecule has 21 heteroatoms. The molecule has 0 bridgehead atoms. The Labute approximate surface area is 254 Å². The number of likely N-dealkylation sites (tertiary alicyclic amines) is 1. The molecule has 0 saturated carbocycles. The smallest absolute Gasteiger partial charge is 0.252 e. The predicted octanol–water partition coefficient (Wildman–Crippen LogP) is -10.3. The van der Waals surface area contributed by atoms with E-state index >= 15 is 4.39 Å². The molecule has 0 radical (unpaired) electrons. The average molecular weight is 549 g/mol. The van der Waals surface area contributed by atoms with E-state index in [1.54, 1.807) is 4.90 Å². The fraction of sp³-hybridized carbons (Fsp3) is 0.421. The molecule has 1 aliphatic rings. The van der Waals surface area contributed by atoms with Gasteiger partial charge in [0.15, 0.2) is 0 Å². The SMILES string of the molecule is BC(B)(B)c1cnc(C(B)(B)NC(B)(B)C2(F)C(B)(B)CN(C(=O)c3ccc(F)c(Cl)c3)C(B)(B)C2(B)B)nc1. The summed E-state index contributed by atoms with van der Waals surface area (Å²) in [7, 11) is 25.3. The van der Waals surface area contributed by atoms with Crippen molar-refractivity contribution < 1.29 is 13.6 Å². The third-order valence-electron chi connectivity index (χ3n) is 9.53. The highest BCUT2D eigenvalue weighted by molar-refractivity contribution is 6.60. The summed E-state index contributed by atoms with van der Waals surface area (Å²) in [4.78, 5) is 24.9. The van der Waals surface area contributed by atoms with Crippen molar-refractivity contribution in [1.82, 2.24) is 20.2 Å². The standard InChI is InChI=1S/C19H34B13ClF2N4O/c20-13(21)6-39(11(40)7-1-2-10(34)9(33)3-7)19(31,32)17(27,28)16(13,35)18(29,30)38-15(25,26)12-36-4-8(5-37-12)14(22,23)24/h1-5,38H,6,20-32H2. The highest BCUT2D eigenvalue weighted by Gasteiger charge is 2.71. The van der Waals surface area contributed by atoms with Crippen molar-refractivity contribution >= 4 is 120 Å². The second-order valence-corrected chi connectivity index (χ2v) is 15.6. The van der Waals surface area contributed by atoms with E-state index in [4.69, 9.17) is 11.6 Å². The molecular weight excluding hydrogens is 514 g/mol. The van der Waals surface area contributed by atoms with Crippen molar-refractivity contribution in [2.24, 2.45) is 0 Å². The van der Waals surface area contributed by atoms with Crippen LogP contribution < -0.4 is 5.32 Å². The molecule has 1 saturated heterocycles. The quantitative estimate of drug-likeness (QED) is 0.365. The number of aromatic nitrogens is 2. The lowest BCUT2D eigenvalue weighted by Gasteiger charge is -2.71. The number of nitrogens with one attached hydrogen (secondary N) is 1. The number of alkyl halides is 1. The van der Waals surface area contributed by atoms with Crippen LogP contribution in [0.2, 0.25) is 15.5 Å². The summed E-state index contributed by atoms with van der Waals surface area (Å²) in [5, 5.41) is -1.42. The molecule has 0 aliphatic carbocycles. The zero-order valence-electron chi connectivity index (χ0n) is 26.5. The number of benzene rings is 1. The van der Waals surface area contributed by atoms with Gasteiger partial charge in [0.25, 0.3) is 5.91 Å². The lowest BCUT2D eigenvalue weighted by molar-refractivity contribution is -0.0149. The van der Waals surface area contributed by atoms with Crippen LogP contribution in [0.5, 0.6) is 0 Å². The van der Waals surface area contributed by atoms with Gasteiger partial charge >= 0.3 is 0 Å². The maximum atomic E-state index is 18.3. The van der Waals surface area contributed by atoms with Crippen molar-refractivity contribution in [3.05, 3.63) is 58.4 Å². The van der Waals surface area contributed by atoms with Gasteiger partial charge in [-0.25, -0.2) is 18.7 Å². The van der Waals surface area contributed by atoms with E-state index in [2.05, 4.69) is 38.8 Å². The monoisotopic (exact) mass is 550 g/mol. The maximum absolute atomic E-state index is 18.3. The Kier molecular flexibility index (Phi) is 8.45. The zero-order chi connectivity index (χ0) is 30.9. The van der Waals surface area contributed by atoms with E-state index in [9.17, 15) is 9.18 Å². The fourth-order valence-corrected chi connectivity index (χ4v) is 7.19. The summed E-state index contributed by atoms with van der Waals surface area (Å²) >= 11 is 6.00. The topological polar surface area (TPSA) is 58.1 Å². The van der Waals surface area contributed by atoms with Crippen LogP contribution in [0.4, 0.5) is 8.78 Å². The van der Waals surface area contributed by atoms with Gasteiger partial charge < -0.3 is 10.2 Å². The van der Waals surface area contributed by atoms with Crippen molar-refractivity contribution in [2.75, 3.05) is 6.54 Å². The van der Waals surface area contributed by atoms with Gasteiger partial charge in [-0.15, -0.1) is 0 Å². The second kappa shape index (κ2) is 10.2. The first-order chi connectivity index (χ1) is 17.8. The van der Waals surface area contributed by atoms with E-state index in [0.29, 0.717) is 5.82 Å². The summed E-state index contributed by atoms with van der Waals surface area (Å²) in [6.45, 7) is 0.149. The number of hydrogen-bond acceptors (Lipinski definition) is 4. The molecule has 5 nitrogen and oxygen atoms in total. The zero-order valence-corrected chi connectivity index (χ0v) is 27.2. The summed E-state index contributed by atoms with van der Waals surface area (Å²) in [5.74, 6) is -0.326. The minimum Gasteiger partial charge on any atom is -0.350 e. The van der Waals surface area contributed by atoms with E-state index in [1.165, 1.54) is 18.2 Å². The summed E-state index contributed by atoms with van der Waals surface area (Å²) in [6, 6.07) is 3.95. The van der Waals surface area contributed by atoms with Gasteiger partial charge in [0, 0.05) is 29.8 Å². The molecule has 1 amide bonds. The summed E-state index contributed by atoms with van der Waals surface area (Å²) in [5.41, 5.74) is -0.528. The first-order valence-electron chi connectivity index (χ1n) is 13.9. The van der Waals surface area contributed by atoms with Crippen LogP contribution in [0.15, 0.2) is 30.6 Å². The van der Waals surface area contributed by atoms with Crippen LogP contribution in [-0.2, 0) is 10.5 Å². The molecule has 1 atom stereocenters. The summed E-state index contributed by atoms with van der Waals surface area (Å²) in [6.07, 6.45) is 3.68. The number of carbonyl (C=O) groups is 1. The first-order valence-corrected chi connectivity index (χ1v) is 14.3. The van der Waals surface area contributed by atoms with E-state index in [-0.39, 0.29) is 28.2 Å². The van der Waals surface area contributed by atoms with Crippen LogP contribution in [0.3, 0.4) is 0 Å². The number of rotatable bonds is 6. The molecule has 1 aromatic carbocycles. The highest BCUT2D eigenvalue weighted by atomic mass is 35.5. The van der Waals surface area contributed by atoms with E-state index in [1.807, 2.05) is 90.9 Å². The molecule has 1 unspecified atom stereocenters. The first kappa shape index (κ1) is 33.2. The Bertz CT molecular complexity index is 1310. The molecular formula is C19H34B13ClF2N4O. The highest BCUT2D eigenvalue weighted by Crippen LogP contribution is 2.63. The minimum absolute atomic E-state index is 0.0807. The molecule has 0 spiro atoms. The molecule has 1 N–H and O–H groups in total. The molecule has 1 fully saturated rings. The number of hydrogen-bond donors (Lipinski definition) is 1. The molecule has 1 aromatic heterocycles. The Balaban J connectivity index is 2.05. The largest absolute Gasteiger partial charge is 0.350 e. The fourth-order valence-electron chi connectivity index (χ4n) is 7.01. The Morgan fingerprint density at radius 3 is 1.98 bits per heavy atom. The van der Waals surface area contributed by atoms with Crippen molar-refractivity contribution in [3.8, 4) is 0 Å². The van der Waals surface area contributed by atoms with Gasteiger partial charge in [0.2, 0.25) is 0 Å². The number of carbonyl (C=O) groups excluding carboxylic acids is 1. The molecule has 196 valence electrons. The minimum atomic E-state index is -1.82. The molecule has 2 aromatic rings. The lowest BCUT2D eigenvalue weighted by Crippen LogP contribution is -2.84. The summed E-state index contributed by atoms with van der Waals surface area (Å²) < 4.78 is 32.2.